The molecule has 1 saturated heterocycles. The Morgan fingerprint density at radius 3 is 2.52 bits per heavy atom. The Balaban J connectivity index is 1.24. The van der Waals surface area contributed by atoms with Crippen molar-refractivity contribution in [2.75, 3.05) is 13.7 Å². The normalized spacial score (nSPS) is 26.4. The fourth-order valence-corrected chi connectivity index (χ4v) is 8.73. The van der Waals surface area contributed by atoms with Gasteiger partial charge in [-0.15, -0.1) is 0 Å². The van der Waals surface area contributed by atoms with Crippen molar-refractivity contribution in [3.63, 3.8) is 0 Å². The van der Waals surface area contributed by atoms with Crippen molar-refractivity contribution in [2.24, 2.45) is 11.3 Å². The molecule has 3 heterocycles. The number of amides is 4. The SMILES string of the molecule is COc1ccc2c(O[C@@H]3C[C@H]4C(=O)N[C@@]5(C(=O)NS(=O)(=O)C6CC6)C[C@@H]5C=CCCCC(=O)N[C@H](C(C)(C)C)C(=O)N4C3)cc(-c3ccccc3)nc2c1. The maximum Gasteiger partial charge on any atom is 0.259 e. The molecule has 2 aromatic carbocycles. The second kappa shape index (κ2) is 14.3. The highest BCUT2D eigenvalue weighted by Crippen LogP contribution is 2.46. The van der Waals surface area contributed by atoms with Gasteiger partial charge in [-0.2, -0.15) is 0 Å². The summed E-state index contributed by atoms with van der Waals surface area (Å²) in [7, 11) is -2.32. The Morgan fingerprint density at radius 2 is 1.81 bits per heavy atom. The minimum Gasteiger partial charge on any atom is -0.497 e. The number of fused-ring (bicyclic) bond motifs is 3. The summed E-state index contributed by atoms with van der Waals surface area (Å²) in [5, 5.41) is 5.92. The molecule has 7 rings (SSSR count). The summed E-state index contributed by atoms with van der Waals surface area (Å²) in [4.78, 5) is 62.3. The van der Waals surface area contributed by atoms with Gasteiger partial charge in [0.2, 0.25) is 27.7 Å². The molecule has 0 spiro atoms. The van der Waals surface area contributed by atoms with E-state index in [-0.39, 0.29) is 31.7 Å². The van der Waals surface area contributed by atoms with E-state index in [2.05, 4.69) is 15.4 Å². The number of rotatable bonds is 7. The third-order valence-electron chi connectivity index (χ3n) is 10.7. The van der Waals surface area contributed by atoms with E-state index in [1.54, 1.807) is 19.3 Å². The molecule has 3 N–H and O–H groups in total. The molecule has 4 aliphatic rings. The predicted molar refractivity (Wildman–Crippen MR) is 202 cm³/mol. The quantitative estimate of drug-likeness (QED) is 0.301. The molecule has 4 amide bonds. The van der Waals surface area contributed by atoms with E-state index in [1.165, 1.54) is 4.90 Å². The number of carbonyl (C=O) groups excluding carboxylic acids is 4. The second-order valence-electron chi connectivity index (χ2n) is 15.9. The first-order valence-corrected chi connectivity index (χ1v) is 20.1. The summed E-state index contributed by atoms with van der Waals surface area (Å²) < 4.78 is 40.1. The molecule has 286 valence electrons. The van der Waals surface area contributed by atoms with Gasteiger partial charge < -0.3 is 25.0 Å². The number of ether oxygens (including phenoxy) is 2. The van der Waals surface area contributed by atoms with Crippen LogP contribution in [-0.2, 0) is 29.2 Å². The van der Waals surface area contributed by atoms with Gasteiger partial charge in [-0.25, -0.2) is 13.4 Å². The van der Waals surface area contributed by atoms with Crippen molar-refractivity contribution >= 4 is 44.6 Å². The van der Waals surface area contributed by atoms with E-state index >= 15 is 0 Å². The minimum absolute atomic E-state index is 0.0125. The molecule has 0 bridgehead atoms. The monoisotopic (exact) mass is 757 g/mol. The molecule has 3 fully saturated rings. The fraction of sp³-hybridized carbons (Fsp3) is 0.475. The predicted octanol–water partition coefficient (Wildman–Crippen LogP) is 4.01. The molecule has 5 atom stereocenters. The van der Waals surface area contributed by atoms with Gasteiger partial charge in [-0.3, -0.25) is 23.9 Å². The lowest BCUT2D eigenvalue weighted by molar-refractivity contribution is -0.144. The smallest absolute Gasteiger partial charge is 0.259 e. The number of benzene rings is 2. The number of pyridine rings is 1. The number of carbonyl (C=O) groups is 4. The first-order valence-electron chi connectivity index (χ1n) is 18.5. The minimum atomic E-state index is -3.89. The summed E-state index contributed by atoms with van der Waals surface area (Å²) in [6, 6.07) is 14.9. The topological polar surface area (TPSA) is 173 Å². The van der Waals surface area contributed by atoms with Gasteiger partial charge in [-0.1, -0.05) is 63.3 Å². The summed E-state index contributed by atoms with van der Waals surface area (Å²) in [5.74, 6) is -1.48. The van der Waals surface area contributed by atoms with Crippen LogP contribution in [0.4, 0.5) is 0 Å². The van der Waals surface area contributed by atoms with Crippen LogP contribution in [0, 0.1) is 11.3 Å². The molecule has 2 aliphatic heterocycles. The Bertz CT molecular complexity index is 2110. The Hall–Kier alpha value is -4.98. The van der Waals surface area contributed by atoms with Gasteiger partial charge in [0, 0.05) is 41.8 Å². The van der Waals surface area contributed by atoms with Crippen molar-refractivity contribution in [2.45, 2.75) is 94.7 Å². The Labute approximate surface area is 315 Å². The molecular formula is C40H47N5O8S. The van der Waals surface area contributed by atoms with Crippen LogP contribution in [0.15, 0.2) is 66.7 Å². The number of allylic oxidation sites excluding steroid dienone is 1. The maximum atomic E-state index is 14.6. The molecule has 14 heteroatoms. The van der Waals surface area contributed by atoms with Crippen molar-refractivity contribution in [1.29, 1.82) is 0 Å². The van der Waals surface area contributed by atoms with E-state index < -0.39 is 68.1 Å². The van der Waals surface area contributed by atoms with Crippen molar-refractivity contribution in [3.05, 3.63) is 66.7 Å². The summed E-state index contributed by atoms with van der Waals surface area (Å²) in [5.41, 5.74) is -0.0722. The molecule has 0 unspecified atom stereocenters. The third-order valence-corrected chi connectivity index (χ3v) is 12.5. The zero-order chi connectivity index (χ0) is 38.4. The van der Waals surface area contributed by atoms with Crippen LogP contribution in [0.2, 0.25) is 0 Å². The zero-order valence-corrected chi connectivity index (χ0v) is 31.8. The number of hydrogen-bond donors (Lipinski definition) is 3. The number of hydrogen-bond acceptors (Lipinski definition) is 9. The fourth-order valence-electron chi connectivity index (χ4n) is 7.37. The van der Waals surface area contributed by atoms with Crippen LogP contribution in [0.5, 0.6) is 11.5 Å². The van der Waals surface area contributed by atoms with E-state index in [0.717, 1.165) is 5.56 Å². The molecule has 2 saturated carbocycles. The highest BCUT2D eigenvalue weighted by Gasteiger charge is 2.62. The molecule has 0 radical (unpaired) electrons. The lowest BCUT2D eigenvalue weighted by Crippen LogP contribution is -2.60. The van der Waals surface area contributed by atoms with Gasteiger partial charge in [-0.05, 0) is 49.7 Å². The average molecular weight is 758 g/mol. The highest BCUT2D eigenvalue weighted by atomic mass is 32.2. The standard InChI is InChI=1S/C40H47N5O8S/c1-39(2,3)35-37(48)45-23-27(53-33-21-30(24-11-7-5-8-12-24)41-31-19-26(52-4)15-18-29(31)33)20-32(45)36(47)43-40(38(49)44-54(50,51)28-16-17-28)22-25(40)13-9-6-10-14-34(46)42-35/h5,7-9,11-13,15,18-19,21,25,27-28,32,35H,6,10,14,16-17,20,22-23H2,1-4H3,(H,42,46)(H,43,47)(H,44,49)/t25-,27+,32-,35-,40-/m0/s1. The molecule has 54 heavy (non-hydrogen) atoms. The highest BCUT2D eigenvalue weighted by molar-refractivity contribution is 7.91. The van der Waals surface area contributed by atoms with Gasteiger partial charge in [0.05, 0.1) is 30.1 Å². The molecule has 2 aliphatic carbocycles. The number of methoxy groups -OCH3 is 1. The molecule has 1 aromatic heterocycles. The zero-order valence-electron chi connectivity index (χ0n) is 31.0. The largest absolute Gasteiger partial charge is 0.497 e. The lowest BCUT2D eigenvalue weighted by Gasteiger charge is -2.35. The van der Waals surface area contributed by atoms with Crippen molar-refractivity contribution < 1.29 is 37.1 Å². The Morgan fingerprint density at radius 1 is 1.06 bits per heavy atom. The van der Waals surface area contributed by atoms with Crippen molar-refractivity contribution in [1.82, 2.24) is 25.2 Å². The Kier molecular flexibility index (Phi) is 9.92. The van der Waals surface area contributed by atoms with Crippen LogP contribution in [0.25, 0.3) is 22.2 Å². The van der Waals surface area contributed by atoms with E-state index in [1.807, 2.05) is 75.4 Å². The van der Waals surface area contributed by atoms with Crippen LogP contribution in [-0.4, -0.2) is 84.6 Å². The van der Waals surface area contributed by atoms with Crippen molar-refractivity contribution in [3.8, 4) is 22.8 Å². The van der Waals surface area contributed by atoms with E-state index in [0.29, 0.717) is 53.8 Å². The lowest BCUT2D eigenvalue weighted by atomic mass is 9.85. The van der Waals surface area contributed by atoms with Gasteiger partial charge in [0.15, 0.2) is 0 Å². The van der Waals surface area contributed by atoms with Crippen LogP contribution >= 0.6 is 0 Å². The summed E-state index contributed by atoms with van der Waals surface area (Å²) in [6.45, 7) is 5.56. The number of nitrogens with one attached hydrogen (secondary N) is 3. The van der Waals surface area contributed by atoms with Crippen LogP contribution < -0.4 is 24.8 Å². The van der Waals surface area contributed by atoms with E-state index in [9.17, 15) is 27.6 Å². The maximum absolute atomic E-state index is 14.6. The van der Waals surface area contributed by atoms with Gasteiger partial charge >= 0.3 is 0 Å². The number of aromatic nitrogens is 1. The van der Waals surface area contributed by atoms with Gasteiger partial charge in [0.1, 0.15) is 35.2 Å². The van der Waals surface area contributed by atoms with Crippen LogP contribution in [0.1, 0.15) is 65.7 Å². The molecule has 3 aromatic rings. The van der Waals surface area contributed by atoms with Gasteiger partial charge in [0.25, 0.3) is 5.91 Å². The summed E-state index contributed by atoms with van der Waals surface area (Å²) >= 11 is 0. The second-order valence-corrected chi connectivity index (χ2v) is 17.8. The summed E-state index contributed by atoms with van der Waals surface area (Å²) in [6.07, 6.45) is 5.40. The third kappa shape index (κ3) is 7.66. The molecular weight excluding hydrogens is 711 g/mol. The van der Waals surface area contributed by atoms with E-state index in [4.69, 9.17) is 14.5 Å². The van der Waals surface area contributed by atoms with Crippen LogP contribution in [0.3, 0.4) is 0 Å². The number of nitrogens with zero attached hydrogens (tertiary/aromatic N) is 2. The number of sulfonamides is 1. The molecule has 13 nitrogen and oxygen atoms in total. The first-order chi connectivity index (χ1) is 25.7. The first kappa shape index (κ1) is 37.3. The average Bonchev–Trinajstić information content (AvgIpc) is 4.06.